The molecule has 2 rings (SSSR count). The molecule has 0 spiro atoms. The first kappa shape index (κ1) is 17.6. The Kier molecular flexibility index (Phi) is 5.21. The number of nitrogens with zero attached hydrogens (tertiary/aromatic N) is 1. The zero-order valence-corrected chi connectivity index (χ0v) is 14.8. The Hall–Kier alpha value is -1.73. The standard InChI is InChI=1S/C15H18ClN3O3S/c1-8(12(20)18-13(21)19-15(2,3)4)23-14-17-10-6-5-9(16)7-11(10)22-14/h5-8H,1-4H3,(H2,18,19,20,21)/t8-/m0/s1. The molecular weight excluding hydrogens is 338 g/mol. The highest BCUT2D eigenvalue weighted by molar-refractivity contribution is 8.00. The fourth-order valence-corrected chi connectivity index (χ4v) is 2.64. The molecule has 0 bridgehead atoms. The smallest absolute Gasteiger partial charge is 0.321 e. The van der Waals surface area contributed by atoms with Crippen LogP contribution in [0, 0.1) is 0 Å². The zero-order chi connectivity index (χ0) is 17.2. The molecule has 3 amide bonds. The number of aromatic nitrogens is 1. The largest absolute Gasteiger partial charge is 0.431 e. The van der Waals surface area contributed by atoms with Crippen molar-refractivity contribution < 1.29 is 14.0 Å². The maximum absolute atomic E-state index is 12.0. The van der Waals surface area contributed by atoms with Crippen LogP contribution in [0.5, 0.6) is 0 Å². The van der Waals surface area contributed by atoms with E-state index < -0.39 is 22.7 Å². The summed E-state index contributed by atoms with van der Waals surface area (Å²) in [6.07, 6.45) is 0. The van der Waals surface area contributed by atoms with Gasteiger partial charge in [0.2, 0.25) is 5.91 Å². The molecule has 23 heavy (non-hydrogen) atoms. The average Bonchev–Trinajstić information content (AvgIpc) is 2.77. The second kappa shape index (κ2) is 6.80. The van der Waals surface area contributed by atoms with Gasteiger partial charge >= 0.3 is 6.03 Å². The van der Waals surface area contributed by atoms with Crippen molar-refractivity contribution in [3.8, 4) is 0 Å². The minimum atomic E-state index is -0.538. The molecule has 0 aliphatic rings. The van der Waals surface area contributed by atoms with Gasteiger partial charge in [-0.05, 0) is 39.8 Å². The third kappa shape index (κ3) is 5.14. The summed E-state index contributed by atoms with van der Waals surface area (Å²) < 4.78 is 5.54. The van der Waals surface area contributed by atoms with E-state index in [4.69, 9.17) is 16.0 Å². The van der Waals surface area contributed by atoms with Gasteiger partial charge in [0.15, 0.2) is 5.58 Å². The molecule has 1 aromatic carbocycles. The predicted octanol–water partition coefficient (Wildman–Crippen LogP) is 3.59. The number of hydrogen-bond donors (Lipinski definition) is 2. The van der Waals surface area contributed by atoms with Gasteiger partial charge in [0.25, 0.3) is 5.22 Å². The highest BCUT2D eigenvalue weighted by Crippen LogP contribution is 2.28. The summed E-state index contributed by atoms with van der Waals surface area (Å²) in [4.78, 5) is 28.0. The number of thioether (sulfide) groups is 1. The van der Waals surface area contributed by atoms with Crippen LogP contribution in [0.3, 0.4) is 0 Å². The number of nitrogens with one attached hydrogen (secondary N) is 2. The van der Waals surface area contributed by atoms with Gasteiger partial charge < -0.3 is 9.73 Å². The Morgan fingerprint density at radius 1 is 1.35 bits per heavy atom. The van der Waals surface area contributed by atoms with Crippen LogP contribution in [0.1, 0.15) is 27.7 Å². The highest BCUT2D eigenvalue weighted by atomic mass is 35.5. The van der Waals surface area contributed by atoms with Crippen molar-refractivity contribution in [3.05, 3.63) is 23.2 Å². The van der Waals surface area contributed by atoms with Crippen molar-refractivity contribution in [3.63, 3.8) is 0 Å². The Labute approximate surface area is 143 Å². The average molecular weight is 356 g/mol. The van der Waals surface area contributed by atoms with Crippen molar-refractivity contribution in [2.45, 2.75) is 43.7 Å². The lowest BCUT2D eigenvalue weighted by Crippen LogP contribution is -2.49. The van der Waals surface area contributed by atoms with E-state index in [1.54, 1.807) is 25.1 Å². The van der Waals surface area contributed by atoms with Gasteiger partial charge in [0.05, 0.1) is 5.25 Å². The second-order valence-corrected chi connectivity index (χ2v) is 7.77. The molecule has 0 aliphatic carbocycles. The van der Waals surface area contributed by atoms with Gasteiger partial charge in [-0.3, -0.25) is 10.1 Å². The predicted molar refractivity (Wildman–Crippen MR) is 90.8 cm³/mol. The lowest BCUT2D eigenvalue weighted by molar-refractivity contribution is -0.119. The third-order valence-electron chi connectivity index (χ3n) is 2.70. The van der Waals surface area contributed by atoms with E-state index in [1.807, 2.05) is 20.8 Å². The molecule has 1 atom stereocenters. The number of imide groups is 1. The maximum atomic E-state index is 12.0. The number of urea groups is 1. The van der Waals surface area contributed by atoms with Crippen molar-refractivity contribution in [2.75, 3.05) is 0 Å². The van der Waals surface area contributed by atoms with E-state index in [1.165, 1.54) is 0 Å². The number of benzene rings is 1. The summed E-state index contributed by atoms with van der Waals surface area (Å²) >= 11 is 7.02. The lowest BCUT2D eigenvalue weighted by atomic mass is 10.1. The SMILES string of the molecule is C[C@H](Sc1nc2ccc(Cl)cc2o1)C(=O)NC(=O)NC(C)(C)C. The number of halogens is 1. The number of rotatable bonds is 3. The van der Waals surface area contributed by atoms with Gasteiger partial charge in [-0.2, -0.15) is 0 Å². The number of hydrogen-bond acceptors (Lipinski definition) is 5. The number of amides is 3. The Balaban J connectivity index is 1.98. The Morgan fingerprint density at radius 2 is 2.04 bits per heavy atom. The molecule has 6 nitrogen and oxygen atoms in total. The fourth-order valence-electron chi connectivity index (χ4n) is 1.72. The van der Waals surface area contributed by atoms with Crippen LogP contribution in [0.15, 0.2) is 27.8 Å². The first-order valence-electron chi connectivity index (χ1n) is 7.00. The number of carbonyl (C=O) groups is 2. The molecule has 2 aromatic rings. The molecule has 0 aliphatic heterocycles. The fraction of sp³-hybridized carbons (Fsp3) is 0.400. The summed E-state index contributed by atoms with van der Waals surface area (Å²) in [5.74, 6) is -0.419. The first-order valence-corrected chi connectivity index (χ1v) is 8.25. The van der Waals surface area contributed by atoms with Crippen LogP contribution in [-0.2, 0) is 4.79 Å². The second-order valence-electron chi connectivity index (χ2n) is 6.05. The minimum absolute atomic E-state index is 0.348. The molecule has 0 saturated carbocycles. The van der Waals surface area contributed by atoms with E-state index in [-0.39, 0.29) is 0 Å². The van der Waals surface area contributed by atoms with Crippen molar-refractivity contribution in [2.24, 2.45) is 0 Å². The van der Waals surface area contributed by atoms with Crippen molar-refractivity contribution in [1.29, 1.82) is 0 Å². The third-order valence-corrected chi connectivity index (χ3v) is 3.88. The van der Waals surface area contributed by atoms with E-state index in [0.29, 0.717) is 21.3 Å². The molecule has 2 N–H and O–H groups in total. The minimum Gasteiger partial charge on any atom is -0.431 e. The molecule has 8 heteroatoms. The number of fused-ring (bicyclic) bond motifs is 1. The van der Waals surface area contributed by atoms with Crippen LogP contribution >= 0.6 is 23.4 Å². The van der Waals surface area contributed by atoms with Gasteiger partial charge in [0, 0.05) is 16.6 Å². The normalized spacial score (nSPS) is 12.9. The van der Waals surface area contributed by atoms with E-state index in [9.17, 15) is 9.59 Å². The van der Waals surface area contributed by atoms with E-state index >= 15 is 0 Å². The Bertz CT molecular complexity index is 739. The number of oxazole rings is 1. The molecule has 124 valence electrons. The summed E-state index contributed by atoms with van der Waals surface area (Å²) in [6, 6.07) is 4.59. The monoisotopic (exact) mass is 355 g/mol. The Morgan fingerprint density at radius 3 is 2.70 bits per heavy atom. The van der Waals surface area contributed by atoms with Gasteiger partial charge in [-0.1, -0.05) is 23.4 Å². The summed E-state index contributed by atoms with van der Waals surface area (Å²) in [7, 11) is 0. The van der Waals surface area contributed by atoms with E-state index in [0.717, 1.165) is 11.8 Å². The quantitative estimate of drug-likeness (QED) is 0.822. The molecule has 0 fully saturated rings. The van der Waals surface area contributed by atoms with Crippen LogP contribution in [0.25, 0.3) is 11.1 Å². The summed E-state index contributed by atoms with van der Waals surface area (Å²) in [6.45, 7) is 7.17. The summed E-state index contributed by atoms with van der Waals surface area (Å²) in [5, 5.41) is 5.32. The van der Waals surface area contributed by atoms with Crippen LogP contribution < -0.4 is 10.6 Å². The molecule has 1 heterocycles. The van der Waals surface area contributed by atoms with Gasteiger partial charge in [-0.25, -0.2) is 9.78 Å². The maximum Gasteiger partial charge on any atom is 0.321 e. The van der Waals surface area contributed by atoms with Crippen LogP contribution in [0.4, 0.5) is 4.79 Å². The van der Waals surface area contributed by atoms with Crippen molar-refractivity contribution >= 4 is 46.4 Å². The topological polar surface area (TPSA) is 84.2 Å². The molecule has 0 radical (unpaired) electrons. The highest BCUT2D eigenvalue weighted by Gasteiger charge is 2.22. The molecule has 0 saturated heterocycles. The van der Waals surface area contributed by atoms with Crippen molar-refractivity contribution in [1.82, 2.24) is 15.6 Å². The molecule has 0 unspecified atom stereocenters. The van der Waals surface area contributed by atoms with Crippen LogP contribution in [0.2, 0.25) is 5.02 Å². The lowest BCUT2D eigenvalue weighted by Gasteiger charge is -2.20. The summed E-state index contributed by atoms with van der Waals surface area (Å²) in [5.41, 5.74) is 0.799. The van der Waals surface area contributed by atoms with Gasteiger partial charge in [0.1, 0.15) is 5.52 Å². The molecule has 1 aromatic heterocycles. The van der Waals surface area contributed by atoms with Crippen LogP contribution in [-0.4, -0.2) is 27.7 Å². The number of carbonyl (C=O) groups excluding carboxylic acids is 2. The first-order chi connectivity index (χ1) is 10.6. The zero-order valence-electron chi connectivity index (χ0n) is 13.3. The van der Waals surface area contributed by atoms with Gasteiger partial charge in [-0.15, -0.1) is 0 Å². The molecular formula is C15H18ClN3O3S. The van der Waals surface area contributed by atoms with E-state index in [2.05, 4.69) is 15.6 Å².